The first-order valence-electron chi connectivity index (χ1n) is 6.32. The Morgan fingerprint density at radius 3 is 2.63 bits per heavy atom. The number of hydrogen-bond acceptors (Lipinski definition) is 3. The normalized spacial score (nSPS) is 16.9. The van der Waals surface area contributed by atoms with Crippen LogP contribution in [-0.2, 0) is 0 Å². The van der Waals surface area contributed by atoms with Gasteiger partial charge in [0.15, 0.2) is 0 Å². The molecule has 2 aromatic rings. The quantitative estimate of drug-likeness (QED) is 0.885. The van der Waals surface area contributed by atoms with Gasteiger partial charge in [0.1, 0.15) is 0 Å². The topological polar surface area (TPSA) is 54.9 Å². The number of halogens is 1. The van der Waals surface area contributed by atoms with Crippen LogP contribution < -0.4 is 5.32 Å². The number of carbonyl (C=O) groups excluding carboxylic acids is 1. The maximum absolute atomic E-state index is 12.3. The van der Waals surface area contributed by atoms with Gasteiger partial charge in [0.25, 0.3) is 5.91 Å². The summed E-state index contributed by atoms with van der Waals surface area (Å²) in [5, 5.41) is 3.93. The van der Waals surface area contributed by atoms with Gasteiger partial charge in [-0.3, -0.25) is 14.8 Å². The van der Waals surface area contributed by atoms with Gasteiger partial charge in [0.05, 0.1) is 16.6 Å². The second-order valence-corrected chi connectivity index (χ2v) is 5.54. The minimum Gasteiger partial charge on any atom is -0.346 e. The fraction of sp³-hybridized carbons (Fsp3) is 0.357. The molecule has 5 heteroatoms. The number of nitrogens with one attached hydrogen (secondary N) is 1. The summed E-state index contributed by atoms with van der Waals surface area (Å²) >= 11 is 3.49. The number of amides is 1. The second kappa shape index (κ2) is 4.89. The third-order valence-corrected chi connectivity index (χ3v) is 4.75. The molecule has 0 atom stereocenters. The molecule has 0 bridgehead atoms. The van der Waals surface area contributed by atoms with E-state index in [9.17, 15) is 4.79 Å². The summed E-state index contributed by atoms with van der Waals surface area (Å²) in [6, 6.07) is 5.42. The Morgan fingerprint density at radius 1 is 1.26 bits per heavy atom. The van der Waals surface area contributed by atoms with E-state index >= 15 is 0 Å². The molecular weight excluding hydrogens is 306 g/mol. The summed E-state index contributed by atoms with van der Waals surface area (Å²) in [6.45, 7) is 0. The van der Waals surface area contributed by atoms with Gasteiger partial charge in [0.2, 0.25) is 0 Å². The van der Waals surface area contributed by atoms with E-state index in [0.717, 1.165) is 29.2 Å². The summed E-state index contributed by atoms with van der Waals surface area (Å²) in [5.41, 5.74) is 2.13. The van der Waals surface area contributed by atoms with Gasteiger partial charge in [-0.05, 0) is 37.5 Å². The van der Waals surface area contributed by atoms with E-state index in [4.69, 9.17) is 0 Å². The third kappa shape index (κ3) is 2.34. The fourth-order valence-electron chi connectivity index (χ4n) is 2.31. The Kier molecular flexibility index (Phi) is 3.22. The maximum Gasteiger partial charge on any atom is 0.251 e. The Balaban J connectivity index is 1.85. The molecule has 0 spiro atoms. The molecule has 1 fully saturated rings. The van der Waals surface area contributed by atoms with Crippen LogP contribution in [0.2, 0.25) is 0 Å². The molecule has 19 heavy (non-hydrogen) atoms. The van der Waals surface area contributed by atoms with Gasteiger partial charge in [-0.15, -0.1) is 0 Å². The zero-order valence-electron chi connectivity index (χ0n) is 10.4. The lowest BCUT2D eigenvalue weighted by Crippen LogP contribution is -2.54. The van der Waals surface area contributed by atoms with E-state index < -0.39 is 0 Å². The van der Waals surface area contributed by atoms with Gasteiger partial charge in [-0.1, -0.05) is 15.9 Å². The zero-order chi connectivity index (χ0) is 13.3. The second-order valence-electron chi connectivity index (χ2n) is 4.98. The molecule has 1 aromatic carbocycles. The molecule has 1 amide bonds. The van der Waals surface area contributed by atoms with Crippen LogP contribution in [0.5, 0.6) is 0 Å². The average molecular weight is 320 g/mol. The molecule has 1 saturated carbocycles. The minimum atomic E-state index is -0.0611. The van der Waals surface area contributed by atoms with Crippen LogP contribution in [0.4, 0.5) is 0 Å². The Hall–Kier alpha value is -1.49. The number of alkyl halides is 1. The maximum atomic E-state index is 12.3. The lowest BCUT2D eigenvalue weighted by Gasteiger charge is -2.41. The van der Waals surface area contributed by atoms with Gasteiger partial charge >= 0.3 is 0 Å². The number of rotatable bonds is 3. The van der Waals surface area contributed by atoms with E-state index in [1.54, 1.807) is 24.5 Å². The monoisotopic (exact) mass is 319 g/mol. The molecule has 0 saturated heterocycles. The van der Waals surface area contributed by atoms with E-state index in [1.807, 2.05) is 6.07 Å². The molecule has 1 aromatic heterocycles. The molecule has 4 nitrogen and oxygen atoms in total. The van der Waals surface area contributed by atoms with Gasteiger partial charge in [-0.2, -0.15) is 0 Å². The molecule has 1 heterocycles. The summed E-state index contributed by atoms with van der Waals surface area (Å²) < 4.78 is 0. The number of nitrogens with zero attached hydrogens (tertiary/aromatic N) is 2. The number of aromatic nitrogens is 2. The summed E-state index contributed by atoms with van der Waals surface area (Å²) in [5.74, 6) is -0.0355. The first kappa shape index (κ1) is 12.5. The Bertz CT molecular complexity index is 619. The molecule has 1 N–H and O–H groups in total. The standard InChI is InChI=1S/C14H14BrN3O/c15-9-14(4-1-5-14)18-13(19)10-2-3-11-12(8-10)17-7-6-16-11/h2-3,6-8H,1,4-5,9H2,(H,18,19). The van der Waals surface area contributed by atoms with Gasteiger partial charge in [0, 0.05) is 23.3 Å². The number of fused-ring (bicyclic) bond motifs is 1. The molecule has 98 valence electrons. The highest BCUT2D eigenvalue weighted by Crippen LogP contribution is 2.33. The van der Waals surface area contributed by atoms with Crippen molar-refractivity contribution in [3.05, 3.63) is 36.2 Å². The van der Waals surface area contributed by atoms with Crippen LogP contribution in [-0.4, -0.2) is 26.7 Å². The van der Waals surface area contributed by atoms with Crippen molar-refractivity contribution >= 4 is 32.9 Å². The molecule has 0 unspecified atom stereocenters. The van der Waals surface area contributed by atoms with Crippen molar-refractivity contribution in [3.63, 3.8) is 0 Å². The molecule has 0 aliphatic heterocycles. The van der Waals surface area contributed by atoms with Crippen LogP contribution in [0.25, 0.3) is 11.0 Å². The van der Waals surface area contributed by atoms with Crippen LogP contribution in [0, 0.1) is 0 Å². The van der Waals surface area contributed by atoms with Crippen molar-refractivity contribution in [1.29, 1.82) is 0 Å². The average Bonchev–Trinajstić information content (AvgIpc) is 2.42. The molecular formula is C14H14BrN3O. The predicted molar refractivity (Wildman–Crippen MR) is 77.4 cm³/mol. The predicted octanol–water partition coefficient (Wildman–Crippen LogP) is 2.68. The SMILES string of the molecule is O=C(NC1(CBr)CCC1)c1ccc2nccnc2c1. The van der Waals surface area contributed by atoms with Crippen LogP contribution >= 0.6 is 15.9 Å². The van der Waals surface area contributed by atoms with E-state index in [-0.39, 0.29) is 11.4 Å². The number of benzene rings is 1. The zero-order valence-corrected chi connectivity index (χ0v) is 12.0. The van der Waals surface area contributed by atoms with Crippen molar-refractivity contribution in [3.8, 4) is 0 Å². The largest absolute Gasteiger partial charge is 0.346 e. The van der Waals surface area contributed by atoms with E-state index in [1.165, 1.54) is 6.42 Å². The smallest absolute Gasteiger partial charge is 0.251 e. The molecule has 1 aliphatic rings. The van der Waals surface area contributed by atoms with Crippen molar-refractivity contribution in [2.75, 3.05) is 5.33 Å². The van der Waals surface area contributed by atoms with Crippen LogP contribution in [0.3, 0.4) is 0 Å². The van der Waals surface area contributed by atoms with E-state index in [0.29, 0.717) is 5.56 Å². The highest BCUT2D eigenvalue weighted by molar-refractivity contribution is 9.09. The van der Waals surface area contributed by atoms with Crippen molar-refractivity contribution in [2.24, 2.45) is 0 Å². The van der Waals surface area contributed by atoms with Crippen LogP contribution in [0.1, 0.15) is 29.6 Å². The minimum absolute atomic E-state index is 0.0355. The molecule has 0 radical (unpaired) electrons. The van der Waals surface area contributed by atoms with Crippen molar-refractivity contribution in [2.45, 2.75) is 24.8 Å². The van der Waals surface area contributed by atoms with Crippen LogP contribution in [0.15, 0.2) is 30.6 Å². The molecule has 1 aliphatic carbocycles. The van der Waals surface area contributed by atoms with Gasteiger partial charge in [-0.25, -0.2) is 0 Å². The van der Waals surface area contributed by atoms with E-state index in [2.05, 4.69) is 31.2 Å². The lowest BCUT2D eigenvalue weighted by molar-refractivity contribution is 0.0856. The highest BCUT2D eigenvalue weighted by Gasteiger charge is 2.37. The Labute approximate surface area is 119 Å². The first-order chi connectivity index (χ1) is 9.22. The Morgan fingerprint density at radius 2 is 2.00 bits per heavy atom. The lowest BCUT2D eigenvalue weighted by atomic mass is 9.78. The summed E-state index contributed by atoms with van der Waals surface area (Å²) in [4.78, 5) is 20.7. The van der Waals surface area contributed by atoms with Gasteiger partial charge < -0.3 is 5.32 Å². The summed E-state index contributed by atoms with van der Waals surface area (Å²) in [6.07, 6.45) is 6.54. The number of carbonyl (C=O) groups is 1. The van der Waals surface area contributed by atoms with Crippen molar-refractivity contribution in [1.82, 2.24) is 15.3 Å². The first-order valence-corrected chi connectivity index (χ1v) is 7.44. The fourth-order valence-corrected chi connectivity index (χ4v) is 3.01. The molecule has 3 rings (SSSR count). The third-order valence-electron chi connectivity index (χ3n) is 3.68. The highest BCUT2D eigenvalue weighted by atomic mass is 79.9. The van der Waals surface area contributed by atoms with Crippen molar-refractivity contribution < 1.29 is 4.79 Å². The number of hydrogen-bond donors (Lipinski definition) is 1. The summed E-state index contributed by atoms with van der Waals surface area (Å²) in [7, 11) is 0.